The fourth-order valence-corrected chi connectivity index (χ4v) is 16.1. The van der Waals surface area contributed by atoms with E-state index in [1.54, 1.807) is 11.1 Å². The Kier molecular flexibility index (Phi) is 22.9. The van der Waals surface area contributed by atoms with Crippen LogP contribution >= 0.6 is 68.0 Å². The van der Waals surface area contributed by atoms with Gasteiger partial charge in [0.05, 0.1) is 0 Å². The molecule has 6 rings (SSSR count). The van der Waals surface area contributed by atoms with Gasteiger partial charge in [0, 0.05) is 58.2 Å². The molecule has 0 radical (unpaired) electrons. The molecular weight excluding hydrogens is 865 g/mol. The van der Waals surface area contributed by atoms with Crippen LogP contribution in [0.3, 0.4) is 0 Å². The lowest BCUT2D eigenvalue weighted by atomic mass is 10.0. The van der Waals surface area contributed by atoms with Crippen molar-refractivity contribution in [3.05, 3.63) is 69.4 Å². The molecular formula is C56H80S6. The van der Waals surface area contributed by atoms with E-state index in [0.29, 0.717) is 0 Å². The molecule has 0 spiro atoms. The summed E-state index contributed by atoms with van der Waals surface area (Å²) in [5.74, 6) is 0. The monoisotopic (exact) mass is 944 g/mol. The van der Waals surface area contributed by atoms with Gasteiger partial charge >= 0.3 is 0 Å². The SMILES string of the molecule is CCCCCCCCCCCCCCCCc1cc(-c2cc3sc(-c4cc(CCCCCCCCCCCCCCCC)c(-c5ccc(C)s5)s4)cc3s2)sc1-c1ccc(C)s1. The van der Waals surface area contributed by atoms with Gasteiger partial charge in [0.2, 0.25) is 0 Å². The van der Waals surface area contributed by atoms with Crippen LogP contribution in [0.25, 0.3) is 48.4 Å². The van der Waals surface area contributed by atoms with Crippen LogP contribution < -0.4 is 0 Å². The minimum Gasteiger partial charge on any atom is -0.140 e. The molecule has 0 aliphatic heterocycles. The van der Waals surface area contributed by atoms with Crippen LogP contribution in [0.4, 0.5) is 0 Å². The van der Waals surface area contributed by atoms with Gasteiger partial charge in [-0.3, -0.25) is 0 Å². The van der Waals surface area contributed by atoms with Crippen molar-refractivity contribution in [3.63, 3.8) is 0 Å². The lowest BCUT2D eigenvalue weighted by Gasteiger charge is -2.04. The van der Waals surface area contributed by atoms with Crippen molar-refractivity contribution in [2.24, 2.45) is 0 Å². The third kappa shape index (κ3) is 16.4. The Labute approximate surface area is 403 Å². The molecule has 6 aromatic heterocycles. The molecule has 0 atom stereocenters. The quantitative estimate of drug-likeness (QED) is 0.0354. The van der Waals surface area contributed by atoms with Crippen LogP contribution in [0.2, 0.25) is 0 Å². The summed E-state index contributed by atoms with van der Waals surface area (Å²) in [5.41, 5.74) is 3.15. The molecule has 6 heteroatoms. The molecule has 340 valence electrons. The third-order valence-electron chi connectivity index (χ3n) is 12.8. The molecule has 0 saturated heterocycles. The van der Waals surface area contributed by atoms with Gasteiger partial charge in [0.25, 0.3) is 0 Å². The highest BCUT2D eigenvalue weighted by Crippen LogP contribution is 2.49. The Bertz CT molecular complexity index is 1910. The van der Waals surface area contributed by atoms with Crippen molar-refractivity contribution in [2.75, 3.05) is 0 Å². The van der Waals surface area contributed by atoms with E-state index in [-0.39, 0.29) is 0 Å². The molecule has 62 heavy (non-hydrogen) atoms. The number of hydrogen-bond acceptors (Lipinski definition) is 6. The summed E-state index contributed by atoms with van der Waals surface area (Å²) < 4.78 is 2.90. The van der Waals surface area contributed by atoms with Crippen LogP contribution in [0.1, 0.15) is 215 Å². The van der Waals surface area contributed by atoms with E-state index < -0.39 is 0 Å². The van der Waals surface area contributed by atoms with E-state index in [2.05, 4.69) is 76.2 Å². The summed E-state index contributed by atoms with van der Waals surface area (Å²) in [6.45, 7) is 9.13. The molecule has 0 amide bonds. The van der Waals surface area contributed by atoms with Crippen molar-refractivity contribution in [1.29, 1.82) is 0 Å². The van der Waals surface area contributed by atoms with Crippen LogP contribution in [-0.4, -0.2) is 0 Å². The van der Waals surface area contributed by atoms with E-state index in [4.69, 9.17) is 0 Å². The van der Waals surface area contributed by atoms with E-state index in [0.717, 1.165) is 0 Å². The molecule has 0 fully saturated rings. The fourth-order valence-electron chi connectivity index (χ4n) is 9.10. The first-order valence-corrected chi connectivity index (χ1v) is 30.4. The highest BCUT2D eigenvalue weighted by molar-refractivity contribution is 7.34. The van der Waals surface area contributed by atoms with Gasteiger partial charge in [-0.1, -0.05) is 181 Å². The highest BCUT2D eigenvalue weighted by Gasteiger charge is 2.19. The predicted molar refractivity (Wildman–Crippen MR) is 290 cm³/mol. The van der Waals surface area contributed by atoms with Crippen molar-refractivity contribution in [2.45, 2.75) is 220 Å². The van der Waals surface area contributed by atoms with Crippen LogP contribution in [0.15, 0.2) is 48.5 Å². The Hall–Kier alpha value is -1.54. The fraction of sp³-hybridized carbons (Fsp3) is 0.607. The Morgan fingerprint density at radius 1 is 0.290 bits per heavy atom. The maximum absolute atomic E-state index is 2.56. The topological polar surface area (TPSA) is 0 Å². The van der Waals surface area contributed by atoms with Gasteiger partial charge in [-0.15, -0.1) is 68.0 Å². The van der Waals surface area contributed by atoms with E-state index >= 15 is 0 Å². The van der Waals surface area contributed by atoms with Crippen molar-refractivity contribution in [3.8, 4) is 39.0 Å². The predicted octanol–water partition coefficient (Wildman–Crippen LogP) is 22.5. The van der Waals surface area contributed by atoms with Crippen molar-refractivity contribution < 1.29 is 0 Å². The number of rotatable bonds is 34. The first kappa shape index (κ1) is 49.9. The first-order valence-electron chi connectivity index (χ1n) is 25.5. The first-order chi connectivity index (χ1) is 30.5. The molecule has 0 N–H and O–H groups in total. The normalized spacial score (nSPS) is 11.9. The second-order valence-electron chi connectivity index (χ2n) is 18.4. The average Bonchev–Trinajstić information content (AvgIpc) is 4.13. The van der Waals surface area contributed by atoms with Crippen molar-refractivity contribution in [1.82, 2.24) is 0 Å². The van der Waals surface area contributed by atoms with E-state index in [1.807, 2.05) is 68.0 Å². The largest absolute Gasteiger partial charge is 0.140 e. The zero-order valence-electron chi connectivity index (χ0n) is 39.3. The maximum Gasteiger partial charge on any atom is 0.0481 e. The molecule has 6 aromatic rings. The van der Waals surface area contributed by atoms with E-state index in [1.165, 1.54) is 251 Å². The minimum atomic E-state index is 1.21. The number of aryl methyl sites for hydroxylation is 4. The van der Waals surface area contributed by atoms with E-state index in [9.17, 15) is 0 Å². The standard InChI is InChI=1S/C56H80S6/c1-5-7-9-11-13-15-17-19-21-23-25-27-29-31-33-45-39-49(61-55(45)47-37-35-43(3)57-47)51-41-53-54(59-51)42-52(60-53)50-40-46(56(62-50)48-38-36-44(4)58-48)34-32-30-28-26-24-22-20-18-16-14-12-10-8-6-2/h35-42H,5-34H2,1-4H3. The van der Waals surface area contributed by atoms with Gasteiger partial charge in [0.1, 0.15) is 0 Å². The lowest BCUT2D eigenvalue weighted by molar-refractivity contribution is 0.535. The van der Waals surface area contributed by atoms with Gasteiger partial charge in [-0.25, -0.2) is 0 Å². The molecule has 0 unspecified atom stereocenters. The van der Waals surface area contributed by atoms with Crippen LogP contribution in [0.5, 0.6) is 0 Å². The number of hydrogen-bond donors (Lipinski definition) is 0. The summed E-state index contributed by atoms with van der Waals surface area (Å²) in [6, 6.07) is 19.5. The van der Waals surface area contributed by atoms with Crippen molar-refractivity contribution >= 4 is 77.4 Å². The van der Waals surface area contributed by atoms with Gasteiger partial charge in [-0.2, -0.15) is 0 Å². The Morgan fingerprint density at radius 3 is 0.871 bits per heavy atom. The highest BCUT2D eigenvalue weighted by atomic mass is 32.1. The van der Waals surface area contributed by atoms with Gasteiger partial charge in [0.15, 0.2) is 0 Å². The number of unbranched alkanes of at least 4 members (excludes halogenated alkanes) is 26. The zero-order chi connectivity index (χ0) is 43.2. The molecule has 0 bridgehead atoms. The zero-order valence-corrected chi connectivity index (χ0v) is 44.2. The number of fused-ring (bicyclic) bond motifs is 1. The second-order valence-corrected chi connectivity index (χ2v) is 25.2. The van der Waals surface area contributed by atoms with Gasteiger partial charge < -0.3 is 0 Å². The Balaban J connectivity index is 0.992. The maximum atomic E-state index is 2.56. The summed E-state index contributed by atoms with van der Waals surface area (Å²) >= 11 is 12.0. The molecule has 0 aromatic carbocycles. The molecule has 0 saturated carbocycles. The third-order valence-corrected chi connectivity index (χ3v) is 20.2. The minimum absolute atomic E-state index is 1.21. The van der Waals surface area contributed by atoms with Gasteiger partial charge in [-0.05, 0) is 99.2 Å². The summed E-state index contributed by atoms with van der Waals surface area (Å²) in [6.07, 6.45) is 42.1. The van der Waals surface area contributed by atoms with Crippen LogP contribution in [0, 0.1) is 13.8 Å². The lowest BCUT2D eigenvalue weighted by Crippen LogP contribution is -1.87. The number of thiophene rings is 6. The molecule has 0 aliphatic carbocycles. The summed E-state index contributed by atoms with van der Waals surface area (Å²) in [7, 11) is 0. The summed E-state index contributed by atoms with van der Waals surface area (Å²) in [4.78, 5) is 14.6. The van der Waals surface area contributed by atoms with Crippen LogP contribution in [-0.2, 0) is 12.8 Å². The Morgan fingerprint density at radius 2 is 0.581 bits per heavy atom. The molecule has 6 heterocycles. The molecule has 0 aliphatic rings. The smallest absolute Gasteiger partial charge is 0.0481 e. The average molecular weight is 946 g/mol. The second kappa shape index (κ2) is 28.5. The molecule has 0 nitrogen and oxygen atoms in total. The summed E-state index contributed by atoms with van der Waals surface area (Å²) in [5, 5.41) is 0.